The molecule has 0 radical (unpaired) electrons. The first-order chi connectivity index (χ1) is 6.88. The van der Waals surface area contributed by atoms with Crippen LogP contribution in [0.5, 0.6) is 0 Å². The maximum absolute atomic E-state index is 4.34. The van der Waals surface area contributed by atoms with Crippen molar-refractivity contribution in [3.05, 3.63) is 41.7 Å². The lowest BCUT2D eigenvalue weighted by Crippen LogP contribution is -1.88. The molecule has 1 heteroatoms. The zero-order valence-electron chi connectivity index (χ0n) is 9.12. The third-order valence-electron chi connectivity index (χ3n) is 2.07. The first-order valence-corrected chi connectivity index (χ1v) is 5.16. The Kier molecular flexibility index (Phi) is 4.11. The maximum Gasteiger partial charge on any atom is 0.0727 e. The van der Waals surface area contributed by atoms with Gasteiger partial charge in [0.25, 0.3) is 0 Å². The molecular formula is C13H17N. The average Bonchev–Trinajstić information content (AvgIpc) is 2.45. The van der Waals surface area contributed by atoms with Crippen LogP contribution in [-0.2, 0) is 0 Å². The van der Waals surface area contributed by atoms with Gasteiger partial charge in [0.05, 0.1) is 5.69 Å². The lowest BCUT2D eigenvalue weighted by Gasteiger charge is -2.01. The monoisotopic (exact) mass is 187 g/mol. The number of hydrogen-bond acceptors (Lipinski definition) is 1. The predicted octanol–water partition coefficient (Wildman–Crippen LogP) is 3.93. The zero-order chi connectivity index (χ0) is 10.4. The van der Waals surface area contributed by atoms with E-state index in [2.05, 4.69) is 36.2 Å². The smallest absolute Gasteiger partial charge is 0.0727 e. The molecule has 1 aliphatic carbocycles. The van der Waals surface area contributed by atoms with Gasteiger partial charge < -0.3 is 0 Å². The summed E-state index contributed by atoms with van der Waals surface area (Å²) in [5.74, 6) is 0. The van der Waals surface area contributed by atoms with Gasteiger partial charge in [-0.25, -0.2) is 0 Å². The van der Waals surface area contributed by atoms with Crippen LogP contribution in [0.4, 0.5) is 0 Å². The van der Waals surface area contributed by atoms with Crippen molar-refractivity contribution in [3.8, 4) is 0 Å². The Morgan fingerprint density at radius 2 is 2.07 bits per heavy atom. The first-order valence-electron chi connectivity index (χ1n) is 5.16. The molecule has 1 heterocycles. The SMILES string of the molecule is CC.CC1=CCC=Cc2cccnc21. The van der Waals surface area contributed by atoms with Crippen LogP contribution in [0, 0.1) is 0 Å². The Morgan fingerprint density at radius 3 is 2.86 bits per heavy atom. The Morgan fingerprint density at radius 1 is 1.29 bits per heavy atom. The van der Waals surface area contributed by atoms with Gasteiger partial charge in [-0.1, -0.05) is 38.1 Å². The molecule has 0 saturated heterocycles. The lowest BCUT2D eigenvalue weighted by atomic mass is 10.1. The Hall–Kier alpha value is -1.37. The van der Waals surface area contributed by atoms with Gasteiger partial charge in [-0.2, -0.15) is 0 Å². The highest BCUT2D eigenvalue weighted by atomic mass is 14.7. The van der Waals surface area contributed by atoms with Crippen LogP contribution >= 0.6 is 0 Å². The molecule has 1 nitrogen and oxygen atoms in total. The minimum absolute atomic E-state index is 1.02. The van der Waals surface area contributed by atoms with Crippen molar-refractivity contribution in [3.63, 3.8) is 0 Å². The molecule has 0 saturated carbocycles. The molecule has 0 unspecified atom stereocenters. The number of aromatic nitrogens is 1. The Balaban J connectivity index is 0.000000461. The van der Waals surface area contributed by atoms with Crippen molar-refractivity contribution in [2.75, 3.05) is 0 Å². The molecule has 0 aliphatic heterocycles. The molecule has 1 aromatic heterocycles. The Labute approximate surface area is 86.2 Å². The van der Waals surface area contributed by atoms with Crippen LogP contribution in [-0.4, -0.2) is 4.98 Å². The molecule has 2 rings (SSSR count). The number of fused-ring (bicyclic) bond motifs is 1. The van der Waals surface area contributed by atoms with Gasteiger partial charge in [0.15, 0.2) is 0 Å². The van der Waals surface area contributed by atoms with Crippen LogP contribution < -0.4 is 0 Å². The summed E-state index contributed by atoms with van der Waals surface area (Å²) < 4.78 is 0. The van der Waals surface area contributed by atoms with E-state index in [1.165, 1.54) is 11.1 Å². The normalized spacial score (nSPS) is 13.2. The van der Waals surface area contributed by atoms with Gasteiger partial charge in [0, 0.05) is 11.8 Å². The molecule has 0 aromatic carbocycles. The summed E-state index contributed by atoms with van der Waals surface area (Å²) in [6.45, 7) is 6.11. The summed E-state index contributed by atoms with van der Waals surface area (Å²) in [7, 11) is 0. The van der Waals surface area contributed by atoms with Crippen molar-refractivity contribution in [1.82, 2.24) is 4.98 Å². The molecule has 1 aromatic rings. The zero-order valence-corrected chi connectivity index (χ0v) is 9.12. The van der Waals surface area contributed by atoms with Crippen molar-refractivity contribution < 1.29 is 0 Å². The number of rotatable bonds is 0. The van der Waals surface area contributed by atoms with E-state index in [0.717, 1.165) is 12.1 Å². The maximum atomic E-state index is 4.34. The van der Waals surface area contributed by atoms with Crippen molar-refractivity contribution in [2.45, 2.75) is 27.2 Å². The number of nitrogens with zero attached hydrogens (tertiary/aromatic N) is 1. The van der Waals surface area contributed by atoms with E-state index in [9.17, 15) is 0 Å². The second kappa shape index (κ2) is 5.38. The van der Waals surface area contributed by atoms with Crippen LogP contribution in [0.1, 0.15) is 38.4 Å². The fourth-order valence-corrected chi connectivity index (χ4v) is 1.42. The van der Waals surface area contributed by atoms with Crippen molar-refractivity contribution >= 4 is 11.6 Å². The fraction of sp³-hybridized carbons (Fsp3) is 0.308. The molecule has 0 amide bonds. The second-order valence-corrected chi connectivity index (χ2v) is 2.97. The van der Waals surface area contributed by atoms with Gasteiger partial charge in [-0.15, -0.1) is 0 Å². The quantitative estimate of drug-likeness (QED) is 0.599. The van der Waals surface area contributed by atoms with E-state index in [0.29, 0.717) is 0 Å². The number of allylic oxidation sites excluding steroid dienone is 3. The summed E-state index contributed by atoms with van der Waals surface area (Å²) in [5, 5.41) is 0. The largest absolute Gasteiger partial charge is 0.256 e. The van der Waals surface area contributed by atoms with Gasteiger partial charge >= 0.3 is 0 Å². The highest BCUT2D eigenvalue weighted by Crippen LogP contribution is 2.20. The van der Waals surface area contributed by atoms with Crippen LogP contribution in [0.2, 0.25) is 0 Å². The molecule has 0 spiro atoms. The van der Waals surface area contributed by atoms with Crippen molar-refractivity contribution in [1.29, 1.82) is 0 Å². The minimum atomic E-state index is 1.02. The lowest BCUT2D eigenvalue weighted by molar-refractivity contribution is 1.25. The van der Waals surface area contributed by atoms with Gasteiger partial charge in [-0.05, 0) is 25.0 Å². The highest BCUT2D eigenvalue weighted by Gasteiger charge is 2.03. The third kappa shape index (κ3) is 2.32. The average molecular weight is 187 g/mol. The summed E-state index contributed by atoms with van der Waals surface area (Å²) in [4.78, 5) is 4.34. The van der Waals surface area contributed by atoms with Crippen LogP contribution in [0.3, 0.4) is 0 Å². The molecule has 1 aliphatic rings. The number of hydrogen-bond donors (Lipinski definition) is 0. The van der Waals surface area contributed by atoms with E-state index in [1.54, 1.807) is 0 Å². The molecule has 14 heavy (non-hydrogen) atoms. The molecular weight excluding hydrogens is 170 g/mol. The first kappa shape index (κ1) is 10.7. The van der Waals surface area contributed by atoms with Crippen LogP contribution in [0.15, 0.2) is 30.5 Å². The molecule has 0 bridgehead atoms. The van der Waals surface area contributed by atoms with E-state index in [1.807, 2.05) is 26.1 Å². The summed E-state index contributed by atoms with van der Waals surface area (Å²) in [6.07, 6.45) is 9.36. The Bertz CT molecular complexity index is 348. The summed E-state index contributed by atoms with van der Waals surface area (Å²) in [5.41, 5.74) is 3.62. The minimum Gasteiger partial charge on any atom is -0.256 e. The third-order valence-corrected chi connectivity index (χ3v) is 2.07. The molecule has 0 fully saturated rings. The standard InChI is InChI=1S/C11H11N.C2H6/c1-9-5-2-3-6-10-7-4-8-12-11(9)10;1-2/h3-8H,2H2,1H3;1-2H3. The van der Waals surface area contributed by atoms with E-state index in [-0.39, 0.29) is 0 Å². The van der Waals surface area contributed by atoms with Gasteiger partial charge in [0.2, 0.25) is 0 Å². The summed E-state index contributed by atoms with van der Waals surface area (Å²) >= 11 is 0. The van der Waals surface area contributed by atoms with E-state index in [4.69, 9.17) is 0 Å². The van der Waals surface area contributed by atoms with Gasteiger partial charge in [-0.3, -0.25) is 4.98 Å². The van der Waals surface area contributed by atoms with Gasteiger partial charge in [0.1, 0.15) is 0 Å². The highest BCUT2D eigenvalue weighted by molar-refractivity contribution is 5.72. The number of pyridine rings is 1. The molecule has 0 atom stereocenters. The molecule has 0 N–H and O–H groups in total. The molecule has 74 valence electrons. The predicted molar refractivity (Wildman–Crippen MR) is 62.9 cm³/mol. The second-order valence-electron chi connectivity index (χ2n) is 2.97. The van der Waals surface area contributed by atoms with Crippen molar-refractivity contribution in [2.24, 2.45) is 0 Å². The topological polar surface area (TPSA) is 12.9 Å². The van der Waals surface area contributed by atoms with E-state index >= 15 is 0 Å². The van der Waals surface area contributed by atoms with E-state index < -0.39 is 0 Å². The summed E-state index contributed by atoms with van der Waals surface area (Å²) in [6, 6.07) is 4.07. The fourth-order valence-electron chi connectivity index (χ4n) is 1.42. The van der Waals surface area contributed by atoms with Crippen LogP contribution in [0.25, 0.3) is 11.6 Å².